The van der Waals surface area contributed by atoms with Crippen molar-refractivity contribution in [3.8, 4) is 0 Å². The Bertz CT molecular complexity index is 1010. The normalized spacial score (nSPS) is 25.1. The van der Waals surface area contributed by atoms with Crippen molar-refractivity contribution in [3.05, 3.63) is 71.8 Å². The van der Waals surface area contributed by atoms with Crippen molar-refractivity contribution < 1.29 is 28.5 Å². The molecule has 0 bridgehead atoms. The Balaban J connectivity index is 1.24. The molecule has 2 amide bonds. The zero-order valence-electron chi connectivity index (χ0n) is 21.6. The first-order valence-electron chi connectivity index (χ1n) is 12.9. The second-order valence-electron chi connectivity index (χ2n) is 10.6. The molecule has 2 fully saturated rings. The van der Waals surface area contributed by atoms with Crippen LogP contribution in [0, 0.1) is 23.7 Å². The summed E-state index contributed by atoms with van der Waals surface area (Å²) >= 11 is 0. The molecule has 4 rings (SSSR count). The van der Waals surface area contributed by atoms with Gasteiger partial charge in [0.15, 0.2) is 0 Å². The van der Waals surface area contributed by atoms with Crippen LogP contribution in [0.1, 0.15) is 25.0 Å². The van der Waals surface area contributed by atoms with Crippen LogP contribution in [0.25, 0.3) is 0 Å². The minimum absolute atomic E-state index is 0.0660. The first-order chi connectivity index (χ1) is 17.7. The molecule has 0 saturated carbocycles. The molecule has 0 spiro atoms. The average Bonchev–Trinajstić information content (AvgIpc) is 3.43. The van der Waals surface area contributed by atoms with Crippen LogP contribution in [0.4, 0.5) is 9.59 Å². The van der Waals surface area contributed by atoms with Gasteiger partial charge in [0.1, 0.15) is 13.2 Å². The summed E-state index contributed by atoms with van der Waals surface area (Å²) in [7, 11) is -3.46. The fourth-order valence-corrected chi connectivity index (χ4v) is 7.84. The van der Waals surface area contributed by atoms with E-state index in [0.29, 0.717) is 26.2 Å². The molecule has 37 heavy (non-hydrogen) atoms. The van der Waals surface area contributed by atoms with Gasteiger partial charge in [0.2, 0.25) is 7.37 Å². The van der Waals surface area contributed by atoms with Gasteiger partial charge in [-0.25, -0.2) is 9.59 Å². The highest BCUT2D eigenvalue weighted by molar-refractivity contribution is 7.58. The first-order valence-corrected chi connectivity index (χ1v) is 15.0. The molecular weight excluding hydrogens is 491 g/mol. The maximum absolute atomic E-state index is 13.3. The standard InChI is InChI=1S/C28H37N2O6P/c1-21-13-29(27(31)35-17-23-9-5-3-6-10-23)15-25(21)19-37(33,34)20-26-16-30(14-22(26)2)28(32)36-18-24-11-7-4-8-12-24/h3-12,21-22,25-26H,13-20H2,1-2H3,(H,33,34)/t21-,22+,25-,26+. The molecule has 0 aromatic heterocycles. The Morgan fingerprint density at radius 2 is 1.14 bits per heavy atom. The largest absolute Gasteiger partial charge is 0.445 e. The van der Waals surface area contributed by atoms with E-state index in [-0.39, 0.29) is 61.4 Å². The lowest BCUT2D eigenvalue weighted by atomic mass is 10.0. The van der Waals surface area contributed by atoms with E-state index in [2.05, 4.69) is 0 Å². The summed E-state index contributed by atoms with van der Waals surface area (Å²) in [5.74, 6) is 0.0814. The third kappa shape index (κ3) is 7.59. The van der Waals surface area contributed by atoms with Gasteiger partial charge in [0.05, 0.1) is 0 Å². The molecule has 2 aliphatic rings. The number of hydrogen-bond acceptors (Lipinski definition) is 5. The molecule has 1 N–H and O–H groups in total. The highest BCUT2D eigenvalue weighted by atomic mass is 31.2. The number of carbonyl (C=O) groups is 2. The van der Waals surface area contributed by atoms with E-state index in [1.54, 1.807) is 9.80 Å². The summed E-state index contributed by atoms with van der Waals surface area (Å²) in [6, 6.07) is 19.0. The predicted octanol–water partition coefficient (Wildman–Crippen LogP) is 5.07. The molecular formula is C28H37N2O6P. The van der Waals surface area contributed by atoms with Crippen LogP contribution in [-0.4, -0.2) is 65.4 Å². The lowest BCUT2D eigenvalue weighted by Gasteiger charge is -2.23. The van der Waals surface area contributed by atoms with E-state index in [0.717, 1.165) is 11.1 Å². The van der Waals surface area contributed by atoms with Crippen LogP contribution in [-0.2, 0) is 27.3 Å². The zero-order valence-corrected chi connectivity index (χ0v) is 22.5. The smallest absolute Gasteiger partial charge is 0.410 e. The molecule has 1 unspecified atom stereocenters. The Kier molecular flexibility index (Phi) is 8.93. The van der Waals surface area contributed by atoms with Gasteiger partial charge in [0, 0.05) is 38.5 Å². The fourth-order valence-electron chi connectivity index (χ4n) is 5.27. The van der Waals surface area contributed by atoms with Gasteiger partial charge in [-0.3, -0.25) is 4.57 Å². The molecule has 9 heteroatoms. The van der Waals surface area contributed by atoms with Crippen LogP contribution >= 0.6 is 7.37 Å². The van der Waals surface area contributed by atoms with Gasteiger partial charge in [-0.15, -0.1) is 0 Å². The zero-order chi connectivity index (χ0) is 26.4. The molecule has 0 aliphatic carbocycles. The highest BCUT2D eigenvalue weighted by Crippen LogP contribution is 2.49. The molecule has 200 valence electrons. The molecule has 5 atom stereocenters. The monoisotopic (exact) mass is 528 g/mol. The highest BCUT2D eigenvalue weighted by Gasteiger charge is 2.41. The Morgan fingerprint density at radius 3 is 1.51 bits per heavy atom. The van der Waals surface area contributed by atoms with Crippen LogP contribution in [0.15, 0.2) is 60.7 Å². The molecule has 8 nitrogen and oxygen atoms in total. The van der Waals surface area contributed by atoms with Crippen molar-refractivity contribution >= 4 is 19.6 Å². The molecule has 2 aliphatic heterocycles. The van der Waals surface area contributed by atoms with Gasteiger partial charge in [-0.1, -0.05) is 74.5 Å². The number of amides is 2. The van der Waals surface area contributed by atoms with Gasteiger partial charge in [0.25, 0.3) is 0 Å². The van der Waals surface area contributed by atoms with Crippen molar-refractivity contribution in [1.29, 1.82) is 0 Å². The molecule has 2 saturated heterocycles. The van der Waals surface area contributed by atoms with Crippen LogP contribution < -0.4 is 0 Å². The number of benzene rings is 2. The van der Waals surface area contributed by atoms with Crippen molar-refractivity contribution in [2.75, 3.05) is 38.5 Å². The predicted molar refractivity (Wildman–Crippen MR) is 141 cm³/mol. The number of rotatable bonds is 8. The lowest BCUT2D eigenvalue weighted by Crippen LogP contribution is -2.30. The average molecular weight is 529 g/mol. The van der Waals surface area contributed by atoms with Crippen molar-refractivity contribution in [2.24, 2.45) is 23.7 Å². The SMILES string of the molecule is C[C@@H]1CN(C(=O)OCc2ccccc2)C[C@@H]1CP(=O)(O)C[C@@H]1CN(C(=O)OCc2ccccc2)C[C@@H]1C. The summed E-state index contributed by atoms with van der Waals surface area (Å²) in [6.07, 6.45) is -0.448. The Labute approximate surface area is 219 Å². The maximum Gasteiger partial charge on any atom is 0.410 e. The number of carbonyl (C=O) groups excluding carboxylic acids is 2. The van der Waals surface area contributed by atoms with E-state index in [1.165, 1.54) is 0 Å². The summed E-state index contributed by atoms with van der Waals surface area (Å²) < 4.78 is 24.2. The van der Waals surface area contributed by atoms with Crippen molar-refractivity contribution in [2.45, 2.75) is 27.1 Å². The van der Waals surface area contributed by atoms with Crippen LogP contribution in [0.2, 0.25) is 0 Å². The third-order valence-electron chi connectivity index (χ3n) is 7.50. The van der Waals surface area contributed by atoms with Crippen molar-refractivity contribution in [3.63, 3.8) is 0 Å². The molecule has 0 radical (unpaired) electrons. The van der Waals surface area contributed by atoms with Gasteiger partial charge in [-0.2, -0.15) is 0 Å². The van der Waals surface area contributed by atoms with Gasteiger partial charge < -0.3 is 24.2 Å². The second-order valence-corrected chi connectivity index (χ2v) is 13.0. The Hall–Kier alpha value is -2.83. The quantitative estimate of drug-likeness (QED) is 0.481. The summed E-state index contributed by atoms with van der Waals surface area (Å²) in [4.78, 5) is 39.3. The van der Waals surface area contributed by atoms with E-state index >= 15 is 0 Å². The summed E-state index contributed by atoms with van der Waals surface area (Å²) in [5.41, 5.74) is 1.84. The number of likely N-dealkylation sites (tertiary alicyclic amines) is 2. The first kappa shape index (κ1) is 27.2. The van der Waals surface area contributed by atoms with E-state index in [1.807, 2.05) is 74.5 Å². The van der Waals surface area contributed by atoms with E-state index < -0.39 is 7.37 Å². The summed E-state index contributed by atoms with van der Waals surface area (Å²) in [6.45, 7) is 6.29. The second kappa shape index (κ2) is 12.1. The number of ether oxygens (including phenoxy) is 2. The van der Waals surface area contributed by atoms with Crippen LogP contribution in [0.3, 0.4) is 0 Å². The number of nitrogens with zero attached hydrogens (tertiary/aromatic N) is 2. The van der Waals surface area contributed by atoms with Gasteiger partial charge in [-0.05, 0) is 34.8 Å². The third-order valence-corrected chi connectivity index (χ3v) is 9.58. The maximum atomic E-state index is 13.3. The fraction of sp³-hybridized carbons (Fsp3) is 0.500. The van der Waals surface area contributed by atoms with E-state index in [9.17, 15) is 19.0 Å². The summed E-state index contributed by atoms with van der Waals surface area (Å²) in [5, 5.41) is 0. The molecule has 2 heterocycles. The lowest BCUT2D eigenvalue weighted by molar-refractivity contribution is 0.102. The molecule has 2 aromatic carbocycles. The topological polar surface area (TPSA) is 96.4 Å². The van der Waals surface area contributed by atoms with Crippen molar-refractivity contribution in [1.82, 2.24) is 9.80 Å². The van der Waals surface area contributed by atoms with Gasteiger partial charge >= 0.3 is 12.2 Å². The molecule has 2 aromatic rings. The van der Waals surface area contributed by atoms with Crippen LogP contribution in [0.5, 0.6) is 0 Å². The number of hydrogen-bond donors (Lipinski definition) is 1. The van der Waals surface area contributed by atoms with E-state index in [4.69, 9.17) is 9.47 Å². The minimum Gasteiger partial charge on any atom is -0.445 e. The Morgan fingerprint density at radius 1 is 0.757 bits per heavy atom. The minimum atomic E-state index is -3.46.